The van der Waals surface area contributed by atoms with Crippen molar-refractivity contribution in [1.29, 1.82) is 0 Å². The molecule has 94 valence electrons. The molecule has 3 nitrogen and oxygen atoms in total. The number of hydrogen-bond acceptors (Lipinski definition) is 2. The lowest BCUT2D eigenvalue weighted by Crippen LogP contribution is -2.18. The standard InChI is InChI=1S/C13H18FNO2/c1-3-4-5-8-15(2)10-6-7-11(13(16)17)12(14)9-10/h6-7,9H,3-5,8H2,1-2H3,(H,16,17). The second-order valence-corrected chi connectivity index (χ2v) is 4.10. The Bertz CT molecular complexity index is 393. The number of hydrogen-bond donors (Lipinski definition) is 1. The molecule has 0 aromatic heterocycles. The van der Waals surface area contributed by atoms with Crippen LogP contribution in [0, 0.1) is 5.82 Å². The Labute approximate surface area is 101 Å². The zero-order valence-corrected chi connectivity index (χ0v) is 10.2. The van der Waals surface area contributed by atoms with E-state index in [4.69, 9.17) is 5.11 Å². The number of rotatable bonds is 6. The van der Waals surface area contributed by atoms with Crippen molar-refractivity contribution < 1.29 is 14.3 Å². The Morgan fingerprint density at radius 1 is 1.41 bits per heavy atom. The Morgan fingerprint density at radius 2 is 2.12 bits per heavy atom. The molecule has 1 aromatic carbocycles. The van der Waals surface area contributed by atoms with E-state index in [0.717, 1.165) is 25.8 Å². The van der Waals surface area contributed by atoms with E-state index in [1.54, 1.807) is 6.07 Å². The van der Waals surface area contributed by atoms with Crippen molar-refractivity contribution >= 4 is 11.7 Å². The second-order valence-electron chi connectivity index (χ2n) is 4.10. The minimum Gasteiger partial charge on any atom is -0.478 e. The van der Waals surface area contributed by atoms with Crippen LogP contribution in [0.5, 0.6) is 0 Å². The van der Waals surface area contributed by atoms with E-state index in [0.29, 0.717) is 5.69 Å². The van der Waals surface area contributed by atoms with Crippen molar-refractivity contribution in [3.8, 4) is 0 Å². The largest absolute Gasteiger partial charge is 0.478 e. The first-order chi connectivity index (χ1) is 8.06. The van der Waals surface area contributed by atoms with Gasteiger partial charge >= 0.3 is 5.97 Å². The van der Waals surface area contributed by atoms with Crippen molar-refractivity contribution in [2.75, 3.05) is 18.5 Å². The summed E-state index contributed by atoms with van der Waals surface area (Å²) < 4.78 is 13.4. The van der Waals surface area contributed by atoms with Gasteiger partial charge in [-0.15, -0.1) is 0 Å². The number of unbranched alkanes of at least 4 members (excludes halogenated alkanes) is 2. The van der Waals surface area contributed by atoms with Crippen LogP contribution in [0.2, 0.25) is 0 Å². The Hall–Kier alpha value is -1.58. The van der Waals surface area contributed by atoms with E-state index in [1.165, 1.54) is 12.1 Å². The third kappa shape index (κ3) is 3.73. The van der Waals surface area contributed by atoms with E-state index >= 15 is 0 Å². The van der Waals surface area contributed by atoms with Crippen molar-refractivity contribution in [2.24, 2.45) is 0 Å². The topological polar surface area (TPSA) is 40.5 Å². The van der Waals surface area contributed by atoms with Crippen LogP contribution in [0.1, 0.15) is 36.5 Å². The van der Waals surface area contributed by atoms with Gasteiger partial charge in [0, 0.05) is 19.3 Å². The van der Waals surface area contributed by atoms with E-state index in [1.807, 2.05) is 11.9 Å². The second kappa shape index (κ2) is 6.23. The van der Waals surface area contributed by atoms with E-state index in [-0.39, 0.29) is 5.56 Å². The van der Waals surface area contributed by atoms with Crippen molar-refractivity contribution in [3.63, 3.8) is 0 Å². The number of carbonyl (C=O) groups is 1. The lowest BCUT2D eigenvalue weighted by molar-refractivity contribution is 0.0692. The molecule has 0 saturated heterocycles. The zero-order chi connectivity index (χ0) is 12.8. The highest BCUT2D eigenvalue weighted by molar-refractivity contribution is 5.88. The molecule has 0 saturated carbocycles. The molecule has 1 rings (SSSR count). The molecule has 0 heterocycles. The number of carboxylic acids is 1. The molecule has 0 unspecified atom stereocenters. The Morgan fingerprint density at radius 3 is 2.65 bits per heavy atom. The molecule has 1 N–H and O–H groups in total. The molecule has 4 heteroatoms. The summed E-state index contributed by atoms with van der Waals surface area (Å²) in [6.45, 7) is 2.97. The maximum atomic E-state index is 13.4. The van der Waals surface area contributed by atoms with Gasteiger partial charge in [0.05, 0.1) is 5.56 Å². The summed E-state index contributed by atoms with van der Waals surface area (Å²) >= 11 is 0. The number of anilines is 1. The third-order valence-electron chi connectivity index (χ3n) is 2.72. The Kier molecular flexibility index (Phi) is 4.94. The molecule has 0 atom stereocenters. The summed E-state index contributed by atoms with van der Waals surface area (Å²) in [5.74, 6) is -1.92. The Balaban J connectivity index is 2.72. The van der Waals surface area contributed by atoms with Crippen LogP contribution >= 0.6 is 0 Å². The predicted molar refractivity (Wildman–Crippen MR) is 66.2 cm³/mol. The smallest absolute Gasteiger partial charge is 0.338 e. The summed E-state index contributed by atoms with van der Waals surface area (Å²) in [7, 11) is 1.88. The lowest BCUT2D eigenvalue weighted by atomic mass is 10.1. The average molecular weight is 239 g/mol. The summed E-state index contributed by atoms with van der Waals surface area (Å²) in [5, 5.41) is 8.71. The van der Waals surface area contributed by atoms with Crippen molar-refractivity contribution in [3.05, 3.63) is 29.6 Å². The molecule has 0 bridgehead atoms. The molecule has 0 aliphatic heterocycles. The van der Waals surface area contributed by atoms with Gasteiger partial charge in [0.2, 0.25) is 0 Å². The molecular weight excluding hydrogens is 221 g/mol. The minimum absolute atomic E-state index is 0.282. The molecule has 0 fully saturated rings. The van der Waals surface area contributed by atoms with Gasteiger partial charge in [-0.25, -0.2) is 9.18 Å². The predicted octanol–water partition coefficient (Wildman–Crippen LogP) is 3.15. The average Bonchev–Trinajstić information content (AvgIpc) is 2.28. The van der Waals surface area contributed by atoms with Gasteiger partial charge in [0.1, 0.15) is 5.82 Å². The van der Waals surface area contributed by atoms with Crippen molar-refractivity contribution in [1.82, 2.24) is 0 Å². The summed E-state index contributed by atoms with van der Waals surface area (Å²) in [6, 6.07) is 4.22. The van der Waals surface area contributed by atoms with Gasteiger partial charge < -0.3 is 10.0 Å². The van der Waals surface area contributed by atoms with Crippen LogP contribution in [0.3, 0.4) is 0 Å². The highest BCUT2D eigenvalue weighted by Gasteiger charge is 2.11. The van der Waals surface area contributed by atoms with Gasteiger partial charge in [-0.2, -0.15) is 0 Å². The zero-order valence-electron chi connectivity index (χ0n) is 10.2. The molecule has 0 amide bonds. The number of benzene rings is 1. The van der Waals surface area contributed by atoms with Crippen LogP contribution in [-0.2, 0) is 0 Å². The monoisotopic (exact) mass is 239 g/mol. The summed E-state index contributed by atoms with van der Waals surface area (Å²) in [6.07, 6.45) is 3.33. The van der Waals surface area contributed by atoms with Crippen LogP contribution in [-0.4, -0.2) is 24.7 Å². The van der Waals surface area contributed by atoms with Crippen LogP contribution in [0.15, 0.2) is 18.2 Å². The first kappa shape index (κ1) is 13.5. The van der Waals surface area contributed by atoms with Gasteiger partial charge in [0.25, 0.3) is 0 Å². The van der Waals surface area contributed by atoms with Crippen LogP contribution in [0.25, 0.3) is 0 Å². The van der Waals surface area contributed by atoms with Gasteiger partial charge in [-0.05, 0) is 24.6 Å². The SMILES string of the molecule is CCCCCN(C)c1ccc(C(=O)O)c(F)c1. The summed E-state index contributed by atoms with van der Waals surface area (Å²) in [5.41, 5.74) is 0.430. The first-order valence-corrected chi connectivity index (χ1v) is 5.80. The fraction of sp³-hybridized carbons (Fsp3) is 0.462. The molecule has 0 spiro atoms. The highest BCUT2D eigenvalue weighted by Crippen LogP contribution is 2.18. The van der Waals surface area contributed by atoms with Crippen LogP contribution < -0.4 is 4.90 Å². The third-order valence-corrected chi connectivity index (χ3v) is 2.72. The molecule has 0 aliphatic carbocycles. The van der Waals surface area contributed by atoms with E-state index in [2.05, 4.69) is 6.92 Å². The minimum atomic E-state index is -1.23. The molecule has 0 radical (unpaired) electrons. The fourth-order valence-corrected chi connectivity index (χ4v) is 1.64. The number of aromatic carboxylic acids is 1. The van der Waals surface area contributed by atoms with Gasteiger partial charge in [-0.3, -0.25) is 0 Å². The first-order valence-electron chi connectivity index (χ1n) is 5.80. The molecule has 1 aromatic rings. The van der Waals surface area contributed by atoms with Gasteiger partial charge in [-0.1, -0.05) is 19.8 Å². The van der Waals surface area contributed by atoms with Gasteiger partial charge in [0.15, 0.2) is 0 Å². The molecule has 0 aliphatic rings. The van der Waals surface area contributed by atoms with E-state index < -0.39 is 11.8 Å². The lowest BCUT2D eigenvalue weighted by Gasteiger charge is -2.19. The number of carboxylic acid groups (broad SMARTS) is 1. The maximum Gasteiger partial charge on any atom is 0.338 e. The molecular formula is C13H18FNO2. The summed E-state index contributed by atoms with van der Waals surface area (Å²) in [4.78, 5) is 12.6. The quantitative estimate of drug-likeness (QED) is 0.775. The fourth-order valence-electron chi connectivity index (χ4n) is 1.64. The van der Waals surface area contributed by atoms with Crippen LogP contribution in [0.4, 0.5) is 10.1 Å². The number of nitrogens with zero attached hydrogens (tertiary/aromatic N) is 1. The number of halogens is 1. The van der Waals surface area contributed by atoms with Crippen molar-refractivity contribution in [2.45, 2.75) is 26.2 Å². The molecule has 17 heavy (non-hydrogen) atoms. The van der Waals surface area contributed by atoms with E-state index in [9.17, 15) is 9.18 Å². The highest BCUT2D eigenvalue weighted by atomic mass is 19.1. The maximum absolute atomic E-state index is 13.4. The normalized spacial score (nSPS) is 10.3.